The first-order valence-corrected chi connectivity index (χ1v) is 7.80. The average molecular weight is 306 g/mol. The lowest BCUT2D eigenvalue weighted by atomic mass is 9.99. The molecule has 1 aromatic carbocycles. The van der Waals surface area contributed by atoms with Crippen molar-refractivity contribution in [3.63, 3.8) is 0 Å². The van der Waals surface area contributed by atoms with Gasteiger partial charge in [-0.25, -0.2) is 8.42 Å². The van der Waals surface area contributed by atoms with Crippen molar-refractivity contribution in [3.05, 3.63) is 29.3 Å². The van der Waals surface area contributed by atoms with Crippen LogP contribution in [0.5, 0.6) is 0 Å². The summed E-state index contributed by atoms with van der Waals surface area (Å²) in [4.78, 5) is 0. The van der Waals surface area contributed by atoms with E-state index in [1.54, 1.807) is 0 Å². The fraction of sp³-hybridized carbons (Fsp3) is 0.455. The molecule has 0 aliphatic rings. The first kappa shape index (κ1) is 13.5. The second-order valence-electron chi connectivity index (χ2n) is 4.02. The van der Waals surface area contributed by atoms with Crippen LogP contribution in [0.4, 0.5) is 5.69 Å². The van der Waals surface area contributed by atoms with Crippen molar-refractivity contribution in [2.45, 2.75) is 26.7 Å². The van der Waals surface area contributed by atoms with E-state index in [-0.39, 0.29) is 10.6 Å². The lowest BCUT2D eigenvalue weighted by Crippen LogP contribution is -2.15. The molecule has 3 nitrogen and oxygen atoms in total. The Hall–Kier alpha value is -0.550. The van der Waals surface area contributed by atoms with Crippen LogP contribution in [0, 0.1) is 6.92 Å². The minimum Gasteiger partial charge on any atom is -0.282 e. The van der Waals surface area contributed by atoms with E-state index in [1.165, 1.54) is 0 Å². The van der Waals surface area contributed by atoms with E-state index in [0.29, 0.717) is 5.69 Å². The highest BCUT2D eigenvalue weighted by atomic mass is 79.9. The largest absolute Gasteiger partial charge is 0.282 e. The molecule has 0 aromatic heterocycles. The molecule has 0 radical (unpaired) electrons. The molecule has 0 aliphatic carbocycles. The molecular weight excluding hydrogens is 290 g/mol. The summed E-state index contributed by atoms with van der Waals surface area (Å²) in [5.74, 6) is 0.285. The molecule has 0 fully saturated rings. The van der Waals surface area contributed by atoms with Crippen LogP contribution in [-0.4, -0.2) is 13.1 Å². The molecular formula is C11H16BrNO2S. The number of para-hydroxylation sites is 1. The van der Waals surface area contributed by atoms with Crippen LogP contribution < -0.4 is 4.72 Å². The summed E-state index contributed by atoms with van der Waals surface area (Å²) < 4.78 is 25.6. The topological polar surface area (TPSA) is 46.2 Å². The van der Waals surface area contributed by atoms with Crippen molar-refractivity contribution in [2.75, 3.05) is 9.38 Å². The molecule has 1 N–H and O–H groups in total. The second kappa shape index (κ2) is 5.19. The molecule has 0 aliphatic heterocycles. The van der Waals surface area contributed by atoms with Crippen molar-refractivity contribution >= 4 is 31.6 Å². The predicted octanol–water partition coefficient (Wildman–Crippen LogP) is 3.21. The summed E-state index contributed by atoms with van der Waals surface area (Å²) in [6, 6.07) is 5.79. The van der Waals surface area contributed by atoms with Crippen LogP contribution in [-0.2, 0) is 10.0 Å². The smallest absolute Gasteiger partial charge is 0.242 e. The van der Waals surface area contributed by atoms with Gasteiger partial charge >= 0.3 is 0 Å². The van der Waals surface area contributed by atoms with Crippen LogP contribution >= 0.6 is 15.9 Å². The van der Waals surface area contributed by atoms with Gasteiger partial charge in [-0.05, 0) is 24.0 Å². The zero-order chi connectivity index (χ0) is 12.3. The Kier molecular flexibility index (Phi) is 4.38. The first-order valence-electron chi connectivity index (χ1n) is 5.03. The lowest BCUT2D eigenvalue weighted by Gasteiger charge is -2.16. The van der Waals surface area contributed by atoms with Gasteiger partial charge in [0.05, 0.1) is 5.69 Å². The highest BCUT2D eigenvalue weighted by molar-refractivity contribution is 9.10. The van der Waals surface area contributed by atoms with E-state index in [9.17, 15) is 8.42 Å². The lowest BCUT2D eigenvalue weighted by molar-refractivity contribution is 0.606. The molecule has 0 saturated heterocycles. The summed E-state index contributed by atoms with van der Waals surface area (Å²) in [6.07, 6.45) is 0. The number of benzene rings is 1. The number of sulfonamides is 1. The molecule has 0 unspecified atom stereocenters. The Balaban J connectivity index is 3.21. The summed E-state index contributed by atoms with van der Waals surface area (Å²) in [7, 11) is -3.28. The van der Waals surface area contributed by atoms with Gasteiger partial charge < -0.3 is 0 Å². The maximum Gasteiger partial charge on any atom is 0.242 e. The van der Waals surface area contributed by atoms with E-state index < -0.39 is 10.0 Å². The fourth-order valence-electron chi connectivity index (χ4n) is 1.49. The Morgan fingerprint density at radius 1 is 1.38 bits per heavy atom. The van der Waals surface area contributed by atoms with Crippen molar-refractivity contribution in [3.8, 4) is 0 Å². The van der Waals surface area contributed by atoms with Crippen molar-refractivity contribution in [1.29, 1.82) is 0 Å². The third-order valence-corrected chi connectivity index (χ3v) is 4.94. The van der Waals surface area contributed by atoms with Gasteiger partial charge in [-0.15, -0.1) is 0 Å². The normalized spacial score (nSPS) is 11.8. The van der Waals surface area contributed by atoms with Crippen LogP contribution in [0.25, 0.3) is 0 Å². The quantitative estimate of drug-likeness (QED) is 0.868. The molecule has 1 aromatic rings. The van der Waals surface area contributed by atoms with E-state index in [4.69, 9.17) is 0 Å². The number of halogens is 1. The first-order chi connectivity index (χ1) is 7.37. The van der Waals surface area contributed by atoms with Crippen molar-refractivity contribution in [1.82, 2.24) is 0 Å². The summed E-state index contributed by atoms with van der Waals surface area (Å²) in [6.45, 7) is 5.99. The summed E-state index contributed by atoms with van der Waals surface area (Å²) in [5, 5.41) is 0. The molecule has 5 heteroatoms. The van der Waals surface area contributed by atoms with Gasteiger partial charge in [-0.1, -0.05) is 48.0 Å². The standard InChI is InChI=1S/C11H16BrNO2S/c1-8(2)10-6-4-5-9(3)11(10)13-16(14,15)7-12/h4-6,8,13H,7H2,1-3H3. The number of anilines is 1. The van der Waals surface area contributed by atoms with Gasteiger partial charge in [0.1, 0.15) is 4.66 Å². The summed E-state index contributed by atoms with van der Waals surface area (Å²) in [5.41, 5.74) is 2.66. The third-order valence-electron chi connectivity index (χ3n) is 2.33. The van der Waals surface area contributed by atoms with Gasteiger partial charge in [0.2, 0.25) is 10.0 Å². The van der Waals surface area contributed by atoms with Crippen LogP contribution in [0.15, 0.2) is 18.2 Å². The van der Waals surface area contributed by atoms with Gasteiger partial charge in [0.25, 0.3) is 0 Å². The van der Waals surface area contributed by atoms with E-state index in [2.05, 4.69) is 20.7 Å². The van der Waals surface area contributed by atoms with Gasteiger partial charge in [0, 0.05) is 0 Å². The Morgan fingerprint density at radius 2 is 2.00 bits per heavy atom. The third kappa shape index (κ3) is 3.22. The number of aryl methyl sites for hydroxylation is 1. The van der Waals surface area contributed by atoms with Crippen LogP contribution in [0.1, 0.15) is 30.9 Å². The molecule has 0 bridgehead atoms. The Bertz CT molecular complexity index is 469. The fourth-order valence-corrected chi connectivity index (χ4v) is 2.48. The maximum absolute atomic E-state index is 11.5. The maximum atomic E-state index is 11.5. The SMILES string of the molecule is Cc1cccc(C(C)C)c1NS(=O)(=O)CBr. The average Bonchev–Trinajstić information content (AvgIpc) is 2.20. The molecule has 0 atom stereocenters. The molecule has 0 amide bonds. The molecule has 1 rings (SSSR count). The van der Waals surface area contributed by atoms with Crippen molar-refractivity contribution < 1.29 is 8.42 Å². The molecule has 0 saturated carbocycles. The van der Waals surface area contributed by atoms with E-state index in [1.807, 2.05) is 39.0 Å². The Labute approximate surface area is 105 Å². The Morgan fingerprint density at radius 3 is 2.50 bits per heavy atom. The minimum atomic E-state index is -3.28. The monoisotopic (exact) mass is 305 g/mol. The zero-order valence-electron chi connectivity index (χ0n) is 9.62. The van der Waals surface area contributed by atoms with E-state index in [0.717, 1.165) is 11.1 Å². The van der Waals surface area contributed by atoms with E-state index >= 15 is 0 Å². The van der Waals surface area contributed by atoms with Crippen LogP contribution in [0.2, 0.25) is 0 Å². The number of rotatable bonds is 4. The predicted molar refractivity (Wildman–Crippen MR) is 71.6 cm³/mol. The number of hydrogen-bond donors (Lipinski definition) is 1. The second-order valence-corrected chi connectivity index (χ2v) is 7.05. The molecule has 90 valence electrons. The molecule has 0 spiro atoms. The van der Waals surface area contributed by atoms with Crippen molar-refractivity contribution in [2.24, 2.45) is 0 Å². The van der Waals surface area contributed by atoms with Crippen LogP contribution in [0.3, 0.4) is 0 Å². The zero-order valence-corrected chi connectivity index (χ0v) is 12.0. The number of nitrogens with one attached hydrogen (secondary N) is 1. The highest BCUT2D eigenvalue weighted by Gasteiger charge is 2.14. The van der Waals surface area contributed by atoms with Gasteiger partial charge in [0.15, 0.2) is 0 Å². The number of alkyl halides is 1. The highest BCUT2D eigenvalue weighted by Crippen LogP contribution is 2.28. The van der Waals surface area contributed by atoms with Gasteiger partial charge in [-0.3, -0.25) is 4.72 Å². The number of hydrogen-bond acceptors (Lipinski definition) is 2. The molecule has 0 heterocycles. The summed E-state index contributed by atoms with van der Waals surface area (Å²) >= 11 is 2.96. The minimum absolute atomic E-state index is 0.0914. The molecule has 16 heavy (non-hydrogen) atoms. The van der Waals surface area contributed by atoms with Gasteiger partial charge in [-0.2, -0.15) is 0 Å².